The van der Waals surface area contributed by atoms with Gasteiger partial charge in [0, 0.05) is 11.0 Å². The van der Waals surface area contributed by atoms with E-state index in [2.05, 4.69) is 35.4 Å². The van der Waals surface area contributed by atoms with Crippen LogP contribution in [0, 0.1) is 17.8 Å². The average molecular weight is 301 g/mol. The van der Waals surface area contributed by atoms with Gasteiger partial charge in [0.1, 0.15) is 0 Å². The Balaban J connectivity index is 1.80. The molecule has 0 radical (unpaired) electrons. The number of rotatable bonds is 4. The second-order valence-electron chi connectivity index (χ2n) is 6.89. The van der Waals surface area contributed by atoms with Crippen LogP contribution in [0.3, 0.4) is 0 Å². The molecule has 2 rings (SSSR count). The van der Waals surface area contributed by atoms with Gasteiger partial charge in [-0.05, 0) is 49.9 Å². The zero-order valence-corrected chi connectivity index (χ0v) is 14.5. The van der Waals surface area contributed by atoms with Crippen molar-refractivity contribution in [1.82, 2.24) is 0 Å². The molecule has 19 heavy (non-hydrogen) atoms. The lowest BCUT2D eigenvalue weighted by atomic mass is 9.87. The fraction of sp³-hybridized carbons (Fsp3) is 1.00. The summed E-state index contributed by atoms with van der Waals surface area (Å²) in [4.78, 5) is 0. The van der Waals surface area contributed by atoms with Crippen molar-refractivity contribution in [3.63, 3.8) is 0 Å². The summed E-state index contributed by atoms with van der Waals surface area (Å²) in [7, 11) is 4.46. The molecule has 0 aromatic heterocycles. The Morgan fingerprint density at radius 3 is 2.79 bits per heavy atom. The lowest BCUT2D eigenvalue weighted by Crippen LogP contribution is -2.16. The highest BCUT2D eigenvalue weighted by atomic mass is 33.1. The monoisotopic (exact) mass is 300 g/mol. The number of hydrogen-bond acceptors (Lipinski definition) is 2. The Morgan fingerprint density at radius 2 is 1.95 bits per heavy atom. The van der Waals surface area contributed by atoms with E-state index in [-0.39, 0.29) is 0 Å². The SMILES string of the molecule is CCCCCC1CSSC2CCC[C@@H]2CCC(C)C1. The molecule has 3 unspecified atom stereocenters. The topological polar surface area (TPSA) is 0 Å². The van der Waals surface area contributed by atoms with Crippen molar-refractivity contribution < 1.29 is 0 Å². The van der Waals surface area contributed by atoms with Gasteiger partial charge in [-0.3, -0.25) is 0 Å². The van der Waals surface area contributed by atoms with E-state index in [1.807, 2.05) is 0 Å². The van der Waals surface area contributed by atoms with Crippen LogP contribution >= 0.6 is 21.6 Å². The summed E-state index contributed by atoms with van der Waals surface area (Å²) >= 11 is 0. The van der Waals surface area contributed by atoms with Crippen LogP contribution in [-0.4, -0.2) is 11.0 Å². The Bertz CT molecular complexity index is 241. The average Bonchev–Trinajstić information content (AvgIpc) is 2.84. The molecule has 2 fully saturated rings. The molecule has 2 aliphatic rings. The van der Waals surface area contributed by atoms with Crippen molar-refractivity contribution in [1.29, 1.82) is 0 Å². The maximum absolute atomic E-state index is 2.51. The molecule has 1 saturated carbocycles. The fourth-order valence-corrected chi connectivity index (χ4v) is 7.36. The quantitative estimate of drug-likeness (QED) is 0.426. The van der Waals surface area contributed by atoms with E-state index in [1.54, 1.807) is 0 Å². The minimum absolute atomic E-state index is 0.969. The first kappa shape index (κ1) is 16.1. The lowest BCUT2D eigenvalue weighted by molar-refractivity contribution is 0.342. The molecule has 0 spiro atoms. The Hall–Kier alpha value is 0.700. The molecule has 1 saturated heterocycles. The predicted octanol–water partition coefficient (Wildman–Crippen LogP) is 6.55. The minimum Gasteiger partial charge on any atom is -0.0936 e. The van der Waals surface area contributed by atoms with Crippen LogP contribution in [0.15, 0.2) is 0 Å². The maximum atomic E-state index is 2.51. The first-order valence-corrected chi connectivity index (χ1v) is 11.0. The molecule has 0 bridgehead atoms. The van der Waals surface area contributed by atoms with E-state index in [1.165, 1.54) is 70.0 Å². The van der Waals surface area contributed by atoms with E-state index in [0.717, 1.165) is 23.0 Å². The maximum Gasteiger partial charge on any atom is 0.0179 e. The van der Waals surface area contributed by atoms with Gasteiger partial charge in [0.05, 0.1) is 0 Å². The third-order valence-electron chi connectivity index (χ3n) is 5.07. The van der Waals surface area contributed by atoms with Gasteiger partial charge in [-0.1, -0.05) is 67.5 Å². The Kier molecular flexibility index (Phi) is 7.51. The van der Waals surface area contributed by atoms with Gasteiger partial charge < -0.3 is 0 Å². The van der Waals surface area contributed by atoms with Crippen LogP contribution < -0.4 is 0 Å². The summed E-state index contributed by atoms with van der Waals surface area (Å²) in [6, 6.07) is 0. The molecular weight excluding hydrogens is 268 g/mol. The van der Waals surface area contributed by atoms with Gasteiger partial charge in [0.15, 0.2) is 0 Å². The molecule has 1 aliphatic carbocycles. The second kappa shape index (κ2) is 8.87. The van der Waals surface area contributed by atoms with Crippen molar-refractivity contribution in [3.05, 3.63) is 0 Å². The minimum atomic E-state index is 0.969. The standard InChI is InChI=1S/C17H32S2/c1-3-4-5-7-15-12-14(2)10-11-16-8-6-9-17(16)19-18-13-15/h14-17H,3-13H2,1-2H3/t14?,15?,16-,17?/m1/s1. The van der Waals surface area contributed by atoms with Crippen LogP contribution in [0.5, 0.6) is 0 Å². The van der Waals surface area contributed by atoms with E-state index in [9.17, 15) is 0 Å². The van der Waals surface area contributed by atoms with Crippen molar-refractivity contribution in [2.75, 3.05) is 5.75 Å². The molecule has 1 heterocycles. The normalized spacial score (nSPS) is 36.9. The molecular formula is C17H32S2. The van der Waals surface area contributed by atoms with Crippen molar-refractivity contribution in [3.8, 4) is 0 Å². The number of unbranched alkanes of at least 4 members (excludes halogenated alkanes) is 2. The third-order valence-corrected chi connectivity index (χ3v) is 8.24. The highest BCUT2D eigenvalue weighted by Crippen LogP contribution is 2.45. The van der Waals surface area contributed by atoms with Gasteiger partial charge in [0.2, 0.25) is 0 Å². The Morgan fingerprint density at radius 1 is 1.05 bits per heavy atom. The van der Waals surface area contributed by atoms with E-state index in [4.69, 9.17) is 0 Å². The molecule has 0 amide bonds. The fourth-order valence-electron chi connectivity index (χ4n) is 3.82. The summed E-state index contributed by atoms with van der Waals surface area (Å²) in [6.07, 6.45) is 14.8. The first-order valence-electron chi connectivity index (χ1n) is 8.57. The summed E-state index contributed by atoms with van der Waals surface area (Å²) in [5.41, 5.74) is 0. The van der Waals surface area contributed by atoms with Crippen LogP contribution in [0.1, 0.15) is 78.1 Å². The molecule has 1 aliphatic heterocycles. The highest BCUT2D eigenvalue weighted by molar-refractivity contribution is 8.76. The van der Waals surface area contributed by atoms with Gasteiger partial charge in [-0.15, -0.1) is 0 Å². The van der Waals surface area contributed by atoms with Gasteiger partial charge in [0.25, 0.3) is 0 Å². The summed E-state index contributed by atoms with van der Waals surface area (Å²) in [5.74, 6) is 4.44. The zero-order valence-electron chi connectivity index (χ0n) is 12.9. The zero-order chi connectivity index (χ0) is 13.5. The highest BCUT2D eigenvalue weighted by Gasteiger charge is 2.29. The van der Waals surface area contributed by atoms with Gasteiger partial charge >= 0.3 is 0 Å². The summed E-state index contributed by atoms with van der Waals surface area (Å²) in [6.45, 7) is 4.83. The van der Waals surface area contributed by atoms with Crippen LogP contribution in [0.25, 0.3) is 0 Å². The first-order chi connectivity index (χ1) is 9.29. The molecule has 0 aromatic carbocycles. The van der Waals surface area contributed by atoms with Gasteiger partial charge in [-0.2, -0.15) is 0 Å². The van der Waals surface area contributed by atoms with Gasteiger partial charge in [-0.25, -0.2) is 0 Å². The van der Waals surface area contributed by atoms with Crippen molar-refractivity contribution in [2.45, 2.75) is 83.3 Å². The molecule has 112 valence electrons. The van der Waals surface area contributed by atoms with Crippen LogP contribution in [0.2, 0.25) is 0 Å². The Labute approximate surface area is 128 Å². The van der Waals surface area contributed by atoms with Crippen molar-refractivity contribution in [2.24, 2.45) is 17.8 Å². The summed E-state index contributed by atoms with van der Waals surface area (Å²) in [5, 5.41) is 0.992. The number of fused-ring (bicyclic) bond motifs is 1. The second-order valence-corrected chi connectivity index (χ2v) is 9.54. The molecule has 0 aromatic rings. The molecule has 4 atom stereocenters. The summed E-state index contributed by atoms with van der Waals surface area (Å²) < 4.78 is 0. The van der Waals surface area contributed by atoms with Crippen molar-refractivity contribution >= 4 is 21.6 Å². The molecule has 2 heteroatoms. The van der Waals surface area contributed by atoms with E-state index >= 15 is 0 Å². The third kappa shape index (κ3) is 5.53. The molecule has 0 nitrogen and oxygen atoms in total. The molecule has 0 N–H and O–H groups in total. The lowest BCUT2D eigenvalue weighted by Gasteiger charge is -2.26. The predicted molar refractivity (Wildman–Crippen MR) is 91.8 cm³/mol. The smallest absolute Gasteiger partial charge is 0.0179 e. The van der Waals surface area contributed by atoms with Crippen LogP contribution in [0.4, 0.5) is 0 Å². The largest absolute Gasteiger partial charge is 0.0936 e. The van der Waals surface area contributed by atoms with Crippen LogP contribution in [-0.2, 0) is 0 Å². The van der Waals surface area contributed by atoms with E-state index in [0.29, 0.717) is 0 Å². The van der Waals surface area contributed by atoms with E-state index < -0.39 is 0 Å². The number of hydrogen-bond donors (Lipinski definition) is 0.